The van der Waals surface area contributed by atoms with Crippen molar-refractivity contribution in [3.63, 3.8) is 0 Å². The molecule has 0 radical (unpaired) electrons. The van der Waals surface area contributed by atoms with Crippen molar-refractivity contribution >= 4 is 19.7 Å². The summed E-state index contributed by atoms with van der Waals surface area (Å²) in [6.07, 6.45) is 0. The van der Waals surface area contributed by atoms with E-state index in [9.17, 15) is 12.8 Å². The second-order valence-electron chi connectivity index (χ2n) is 2.13. The molecule has 0 saturated heterocycles. The van der Waals surface area contributed by atoms with Crippen LogP contribution in [0.5, 0.6) is 5.75 Å². The van der Waals surface area contributed by atoms with Gasteiger partial charge in [0.05, 0.1) is 16.0 Å². The lowest BCUT2D eigenvalue weighted by atomic mass is 10.3. The second kappa shape index (κ2) is 3.51. The second-order valence-corrected chi connectivity index (χ2v) is 4.70. The van der Waals surface area contributed by atoms with E-state index in [-0.39, 0.29) is 0 Å². The molecule has 13 heavy (non-hydrogen) atoms. The van der Waals surface area contributed by atoms with Crippen molar-refractivity contribution in [1.29, 1.82) is 0 Å². The molecule has 0 aliphatic heterocycles. The first-order chi connectivity index (χ1) is 7.09. The van der Waals surface area contributed by atoms with Crippen molar-refractivity contribution in [2.24, 2.45) is 0 Å². The highest BCUT2D eigenvalue weighted by Crippen LogP contribution is 2.22. The van der Waals surface area contributed by atoms with Crippen molar-refractivity contribution in [3.8, 4) is 5.75 Å². The molecule has 1 rings (SSSR count). The van der Waals surface area contributed by atoms with Crippen LogP contribution < -0.4 is 4.74 Å². The predicted molar refractivity (Wildman–Crippen MR) is 46.0 cm³/mol. The average Bonchev–Trinajstić information content (AvgIpc) is 2.04. The molecule has 0 aliphatic carbocycles. The zero-order valence-corrected chi connectivity index (χ0v) is 7.69. The molecule has 6 heteroatoms. The molecule has 0 heterocycles. The normalized spacial score (nSPS) is 15.7. The fourth-order valence-electron chi connectivity index (χ4n) is 0.716. The van der Waals surface area contributed by atoms with Gasteiger partial charge in [-0.3, -0.25) is 0 Å². The number of methoxy groups -OCH3 is 1. The molecule has 0 saturated carbocycles. The summed E-state index contributed by atoms with van der Waals surface area (Å²) >= 11 is 0. The highest BCUT2D eigenvalue weighted by Gasteiger charge is 2.12. The number of hydrogen-bond donors (Lipinski definition) is 0. The van der Waals surface area contributed by atoms with Crippen LogP contribution in [0.3, 0.4) is 0 Å². The van der Waals surface area contributed by atoms with Crippen LogP contribution in [-0.2, 0) is 9.05 Å². The number of ether oxygens (including phenoxy) is 1. The molecule has 3 nitrogen and oxygen atoms in total. The first kappa shape index (κ1) is 6.62. The van der Waals surface area contributed by atoms with Crippen LogP contribution in [0.1, 0.15) is 4.11 Å². The number of rotatable bonds is 2. The van der Waals surface area contributed by atoms with Gasteiger partial charge in [-0.15, -0.1) is 0 Å². The molecule has 0 bridgehead atoms. The molecule has 72 valence electrons. The first-order valence-corrected chi connectivity index (χ1v) is 5.34. The van der Waals surface area contributed by atoms with E-state index in [0.717, 1.165) is 12.1 Å². The fraction of sp³-hybridized carbons (Fsp3) is 0.143. The van der Waals surface area contributed by atoms with Crippen LogP contribution in [0, 0.1) is 5.82 Å². The minimum Gasteiger partial charge on any atom is -0.494 e. The lowest BCUT2D eigenvalue weighted by molar-refractivity contribution is 0.385. The van der Waals surface area contributed by atoms with Gasteiger partial charge in [-0.2, -0.15) is 0 Å². The van der Waals surface area contributed by atoms with Gasteiger partial charge < -0.3 is 4.74 Å². The molecule has 0 unspecified atom stereocenters. The first-order valence-electron chi connectivity index (χ1n) is 4.53. The van der Waals surface area contributed by atoms with Crippen molar-refractivity contribution in [2.45, 2.75) is 4.90 Å². The number of halogens is 2. The monoisotopic (exact) mass is 227 g/mol. The molecule has 1 aromatic rings. The summed E-state index contributed by atoms with van der Waals surface area (Å²) in [5.41, 5.74) is 0. The van der Waals surface area contributed by atoms with Gasteiger partial charge >= 0.3 is 0 Å². The van der Waals surface area contributed by atoms with Gasteiger partial charge in [-0.1, -0.05) is 0 Å². The maximum absolute atomic E-state index is 13.2. The standard InChI is InChI=1S/C7H6ClFO3S/c1-12-7-3-2-5(4-6(7)9)13(8,10)11/h2-4H,1H3/i1D3. The van der Waals surface area contributed by atoms with Crippen LogP contribution in [0.4, 0.5) is 4.39 Å². The largest absolute Gasteiger partial charge is 0.494 e. The van der Waals surface area contributed by atoms with Gasteiger partial charge in [0.1, 0.15) is 0 Å². The van der Waals surface area contributed by atoms with Crippen LogP contribution in [0.2, 0.25) is 0 Å². The van der Waals surface area contributed by atoms with E-state index in [4.69, 9.17) is 14.8 Å². The molecule has 0 fully saturated rings. The van der Waals surface area contributed by atoms with E-state index in [1.807, 2.05) is 0 Å². The summed E-state index contributed by atoms with van der Waals surface area (Å²) in [5, 5.41) is 0. The third-order valence-corrected chi connectivity index (χ3v) is 2.65. The van der Waals surface area contributed by atoms with Crippen molar-refractivity contribution < 1.29 is 21.7 Å². The molecule has 0 aromatic heterocycles. The summed E-state index contributed by atoms with van der Waals surface area (Å²) in [7, 11) is -1.88. The Labute approximate surface area is 83.7 Å². The smallest absolute Gasteiger partial charge is 0.261 e. The quantitative estimate of drug-likeness (QED) is 0.724. The predicted octanol–water partition coefficient (Wildman–Crippen LogP) is 1.76. The summed E-state index contributed by atoms with van der Waals surface area (Å²) < 4.78 is 59.4. The molecule has 0 spiro atoms. The van der Waals surface area contributed by atoms with E-state index in [0.29, 0.717) is 6.07 Å². The van der Waals surface area contributed by atoms with Gasteiger partial charge in [-0.05, 0) is 18.2 Å². The van der Waals surface area contributed by atoms with Crippen LogP contribution in [0.25, 0.3) is 0 Å². The molecule has 1 aromatic carbocycles. The maximum Gasteiger partial charge on any atom is 0.261 e. The number of benzene rings is 1. The van der Waals surface area contributed by atoms with Gasteiger partial charge in [0.25, 0.3) is 9.05 Å². The Morgan fingerprint density at radius 3 is 2.77 bits per heavy atom. The van der Waals surface area contributed by atoms with Crippen LogP contribution in [-0.4, -0.2) is 15.5 Å². The number of hydrogen-bond acceptors (Lipinski definition) is 3. The Morgan fingerprint density at radius 2 is 2.31 bits per heavy atom. The van der Waals surface area contributed by atoms with E-state index >= 15 is 0 Å². The SMILES string of the molecule is [2H]C([2H])([2H])Oc1ccc(S(=O)(=O)Cl)cc1F. The topological polar surface area (TPSA) is 43.4 Å². The average molecular weight is 228 g/mol. The molecular weight excluding hydrogens is 219 g/mol. The highest BCUT2D eigenvalue weighted by atomic mass is 35.7. The Balaban J connectivity index is 3.11. The van der Waals surface area contributed by atoms with Gasteiger partial charge in [0.2, 0.25) is 0 Å². The van der Waals surface area contributed by atoms with Crippen molar-refractivity contribution in [3.05, 3.63) is 24.0 Å². The molecule has 0 atom stereocenters. The minimum atomic E-state index is -4.05. The molecular formula is C7H6ClFO3S. The Kier molecular flexibility index (Phi) is 1.79. The maximum atomic E-state index is 13.2. The van der Waals surface area contributed by atoms with Gasteiger partial charge in [0, 0.05) is 10.7 Å². The minimum absolute atomic E-state index is 0.468. The van der Waals surface area contributed by atoms with Gasteiger partial charge in [0.15, 0.2) is 11.6 Å². The van der Waals surface area contributed by atoms with Crippen molar-refractivity contribution in [1.82, 2.24) is 0 Å². The van der Waals surface area contributed by atoms with E-state index < -0.39 is 32.6 Å². The summed E-state index contributed by atoms with van der Waals surface area (Å²) in [6.45, 7) is 0. The third kappa shape index (κ3) is 2.32. The van der Waals surface area contributed by atoms with Gasteiger partial charge in [-0.25, -0.2) is 12.8 Å². The lowest BCUT2D eigenvalue weighted by Crippen LogP contribution is -1.94. The molecule has 0 aliphatic rings. The van der Waals surface area contributed by atoms with Crippen LogP contribution in [0.15, 0.2) is 23.1 Å². The zero-order chi connectivity index (χ0) is 12.6. The lowest BCUT2D eigenvalue weighted by Gasteiger charge is -2.01. The fourth-order valence-corrected chi connectivity index (χ4v) is 1.48. The Bertz CT molecular complexity index is 500. The Morgan fingerprint density at radius 1 is 1.62 bits per heavy atom. The summed E-state index contributed by atoms with van der Waals surface area (Å²) in [5.74, 6) is -1.68. The van der Waals surface area contributed by atoms with Crippen molar-refractivity contribution in [2.75, 3.05) is 7.04 Å². The Hall–Kier alpha value is -0.810. The van der Waals surface area contributed by atoms with E-state index in [2.05, 4.69) is 4.74 Å². The van der Waals surface area contributed by atoms with E-state index in [1.54, 1.807) is 0 Å². The molecule has 0 N–H and O–H groups in total. The molecule has 0 amide bonds. The summed E-state index contributed by atoms with van der Waals surface area (Å²) in [4.78, 5) is -0.468. The highest BCUT2D eigenvalue weighted by molar-refractivity contribution is 8.13. The van der Waals surface area contributed by atoms with E-state index in [1.165, 1.54) is 0 Å². The van der Waals surface area contributed by atoms with Crippen LogP contribution >= 0.6 is 10.7 Å². The third-order valence-electron chi connectivity index (χ3n) is 1.29. The zero-order valence-electron chi connectivity index (χ0n) is 9.12. The summed E-state index contributed by atoms with van der Waals surface area (Å²) in [6, 6.07) is 2.42.